The molecule has 0 bridgehead atoms. The zero-order valence-corrected chi connectivity index (χ0v) is 17.5. The molecule has 0 aliphatic carbocycles. The monoisotopic (exact) mass is 328 g/mol. The van der Waals surface area contributed by atoms with E-state index in [1.54, 1.807) is 0 Å². The number of hydrogen-bond donors (Lipinski definition) is 1. The SMILES string of the molecule is O=[P+]([O-])O[P+](=O)[O-].OCc1ccccc1.[K+].[K+]. The first-order valence-electron chi connectivity index (χ1n) is 3.68. The van der Waals surface area contributed by atoms with Gasteiger partial charge < -0.3 is 14.9 Å². The van der Waals surface area contributed by atoms with Gasteiger partial charge in [0.2, 0.25) is 0 Å². The molecule has 1 aromatic carbocycles. The van der Waals surface area contributed by atoms with Crippen molar-refractivity contribution in [2.75, 3.05) is 0 Å². The van der Waals surface area contributed by atoms with Crippen molar-refractivity contribution in [2.45, 2.75) is 6.61 Å². The third kappa shape index (κ3) is 18.5. The van der Waals surface area contributed by atoms with Crippen molar-refractivity contribution in [1.82, 2.24) is 0 Å². The van der Waals surface area contributed by atoms with Crippen LogP contribution in [0.15, 0.2) is 30.3 Å². The minimum Gasteiger partial charge on any atom is -0.563 e. The zero-order valence-electron chi connectivity index (χ0n) is 9.48. The fraction of sp³-hybridized carbons (Fsp3) is 0.143. The van der Waals surface area contributed by atoms with Crippen LogP contribution in [0.3, 0.4) is 0 Å². The molecule has 0 spiro atoms. The molecule has 2 unspecified atom stereocenters. The first-order valence-corrected chi connectivity index (χ1v) is 5.87. The summed E-state index contributed by atoms with van der Waals surface area (Å²) in [7, 11) is -6.47. The van der Waals surface area contributed by atoms with Gasteiger partial charge in [0.25, 0.3) is 0 Å². The predicted octanol–water partition coefficient (Wildman–Crippen LogP) is -5.77. The summed E-state index contributed by atoms with van der Waals surface area (Å²) in [4.78, 5) is 18.5. The third-order valence-electron chi connectivity index (χ3n) is 1.16. The maximum absolute atomic E-state index is 9.24. The first-order chi connectivity index (χ1) is 7.06. The normalized spacial score (nSPS) is 9.82. The molecule has 1 aromatic rings. The van der Waals surface area contributed by atoms with Crippen molar-refractivity contribution in [3.05, 3.63) is 35.9 Å². The second kappa shape index (κ2) is 16.6. The maximum atomic E-state index is 9.24. The molecule has 17 heavy (non-hydrogen) atoms. The van der Waals surface area contributed by atoms with Gasteiger partial charge in [-0.05, 0) is 14.7 Å². The van der Waals surface area contributed by atoms with Crippen molar-refractivity contribution in [2.24, 2.45) is 0 Å². The van der Waals surface area contributed by atoms with Crippen LogP contribution in [0.2, 0.25) is 0 Å². The first kappa shape index (κ1) is 24.5. The Bertz CT molecular complexity index is 311. The van der Waals surface area contributed by atoms with E-state index in [1.165, 1.54) is 0 Å². The second-order valence-corrected chi connectivity index (χ2v) is 3.72. The zero-order chi connectivity index (χ0) is 11.7. The smallest absolute Gasteiger partial charge is 0.563 e. The molecule has 0 aromatic heterocycles. The molecular weight excluding hydrogens is 320 g/mol. The Morgan fingerprint density at radius 3 is 1.65 bits per heavy atom. The average Bonchev–Trinajstić information content (AvgIpc) is 2.18. The van der Waals surface area contributed by atoms with E-state index in [0.29, 0.717) is 0 Å². The van der Waals surface area contributed by atoms with Crippen LogP contribution in [0.25, 0.3) is 0 Å². The molecule has 2 atom stereocenters. The molecule has 1 rings (SSSR count). The van der Waals surface area contributed by atoms with E-state index >= 15 is 0 Å². The van der Waals surface area contributed by atoms with Gasteiger partial charge in [-0.1, -0.05) is 30.3 Å². The number of benzene rings is 1. The Kier molecular flexibility index (Phi) is 23.9. The van der Waals surface area contributed by atoms with E-state index in [9.17, 15) is 18.9 Å². The van der Waals surface area contributed by atoms with Gasteiger partial charge in [0.05, 0.1) is 6.61 Å². The molecule has 82 valence electrons. The van der Waals surface area contributed by atoms with Gasteiger partial charge in [0.15, 0.2) is 0 Å². The van der Waals surface area contributed by atoms with E-state index in [0.717, 1.165) is 5.56 Å². The van der Waals surface area contributed by atoms with Crippen molar-refractivity contribution in [3.8, 4) is 0 Å². The molecule has 0 heterocycles. The molecule has 10 heteroatoms. The Hall–Kier alpha value is 2.53. The van der Waals surface area contributed by atoms with E-state index in [-0.39, 0.29) is 109 Å². The summed E-state index contributed by atoms with van der Waals surface area (Å²) in [6.45, 7) is 0.140. The summed E-state index contributed by atoms with van der Waals surface area (Å²) in [6.07, 6.45) is 0. The molecule has 0 radical (unpaired) electrons. The summed E-state index contributed by atoms with van der Waals surface area (Å²) in [5.74, 6) is 0. The second-order valence-electron chi connectivity index (χ2n) is 2.17. The average molecular weight is 328 g/mol. The fourth-order valence-electron chi connectivity index (χ4n) is 0.638. The molecular formula is C7H8K2O6P2+2. The number of aliphatic hydroxyl groups is 1. The summed E-state index contributed by atoms with van der Waals surface area (Å²) < 4.78 is 21.6. The van der Waals surface area contributed by atoms with E-state index in [1.807, 2.05) is 30.3 Å². The van der Waals surface area contributed by atoms with Gasteiger partial charge in [-0.2, -0.15) is 0 Å². The minimum absolute atomic E-state index is 0. The van der Waals surface area contributed by atoms with Crippen LogP contribution in [0.5, 0.6) is 0 Å². The van der Waals surface area contributed by atoms with Crippen LogP contribution >= 0.6 is 16.5 Å². The fourth-order valence-corrected chi connectivity index (χ4v) is 1.07. The van der Waals surface area contributed by atoms with Crippen LogP contribution in [0.1, 0.15) is 5.56 Å². The molecule has 6 nitrogen and oxygen atoms in total. The van der Waals surface area contributed by atoms with E-state index < -0.39 is 16.5 Å². The standard InChI is InChI=1S/C7H8O.2K.O5P2/c8-6-7-4-2-1-3-5-7;;;1-6(2)5-7(3)4/h1-5,8H,6H2;;;/q;2*+1;. The van der Waals surface area contributed by atoms with Crippen LogP contribution < -0.4 is 113 Å². The van der Waals surface area contributed by atoms with Gasteiger partial charge >= 0.3 is 119 Å². The van der Waals surface area contributed by atoms with E-state index in [2.05, 4.69) is 4.31 Å². The van der Waals surface area contributed by atoms with Crippen molar-refractivity contribution >= 4 is 16.5 Å². The van der Waals surface area contributed by atoms with Gasteiger partial charge in [-0.3, -0.25) is 0 Å². The number of aliphatic hydroxyl groups excluding tert-OH is 1. The molecule has 0 fully saturated rings. The topological polar surface area (TPSA) is 110 Å². The Morgan fingerprint density at radius 2 is 1.47 bits per heavy atom. The number of hydrogen-bond acceptors (Lipinski definition) is 6. The minimum atomic E-state index is -3.24. The Morgan fingerprint density at radius 1 is 1.06 bits per heavy atom. The van der Waals surface area contributed by atoms with Gasteiger partial charge in [-0.15, -0.1) is 0 Å². The predicted molar refractivity (Wildman–Crippen MR) is 48.7 cm³/mol. The van der Waals surface area contributed by atoms with Crippen molar-refractivity contribution in [3.63, 3.8) is 0 Å². The van der Waals surface area contributed by atoms with Crippen LogP contribution in [0, 0.1) is 0 Å². The van der Waals surface area contributed by atoms with Crippen molar-refractivity contribution in [1.29, 1.82) is 0 Å². The molecule has 0 aliphatic rings. The summed E-state index contributed by atoms with van der Waals surface area (Å²) in [5, 5.41) is 8.54. The summed E-state index contributed by atoms with van der Waals surface area (Å²) in [5.41, 5.74) is 0.965. The van der Waals surface area contributed by atoms with Crippen LogP contribution in [-0.2, 0) is 20.0 Å². The maximum Gasteiger partial charge on any atom is 1.00 e. The molecule has 1 N–H and O–H groups in total. The van der Waals surface area contributed by atoms with Crippen LogP contribution in [-0.4, -0.2) is 5.11 Å². The quantitative estimate of drug-likeness (QED) is 0.437. The number of rotatable bonds is 3. The van der Waals surface area contributed by atoms with E-state index in [4.69, 9.17) is 5.11 Å². The van der Waals surface area contributed by atoms with Gasteiger partial charge in [0, 0.05) is 0 Å². The summed E-state index contributed by atoms with van der Waals surface area (Å²) >= 11 is 0. The molecule has 0 saturated heterocycles. The Labute approximate surface area is 186 Å². The van der Waals surface area contributed by atoms with Gasteiger partial charge in [-0.25, -0.2) is 0 Å². The summed E-state index contributed by atoms with van der Waals surface area (Å²) in [6, 6.07) is 9.52. The Balaban J connectivity index is -0.000000208. The van der Waals surface area contributed by atoms with Gasteiger partial charge in [0.1, 0.15) is 4.31 Å². The molecule has 0 aliphatic heterocycles. The molecule has 0 amide bonds. The molecule has 0 saturated carbocycles. The third-order valence-corrected chi connectivity index (χ3v) is 2.23. The van der Waals surface area contributed by atoms with Crippen LogP contribution in [0.4, 0.5) is 0 Å². The largest absolute Gasteiger partial charge is 1.00 e. The van der Waals surface area contributed by atoms with Crippen molar-refractivity contribution < 1.29 is 131 Å².